The zero-order valence-electron chi connectivity index (χ0n) is 17.6. The van der Waals surface area contributed by atoms with Crippen LogP contribution in [0.1, 0.15) is 22.9 Å². The highest BCUT2D eigenvalue weighted by atomic mass is 35.5. The van der Waals surface area contributed by atoms with E-state index in [0.717, 1.165) is 17.0 Å². The highest BCUT2D eigenvalue weighted by Gasteiger charge is 2.21. The Bertz CT molecular complexity index is 1400. The molecule has 5 rings (SSSR count). The van der Waals surface area contributed by atoms with Gasteiger partial charge >= 0.3 is 0 Å². The summed E-state index contributed by atoms with van der Waals surface area (Å²) in [6.45, 7) is 0.457. The van der Waals surface area contributed by atoms with Crippen molar-refractivity contribution in [2.75, 3.05) is 10.6 Å². The van der Waals surface area contributed by atoms with Gasteiger partial charge in [0.2, 0.25) is 0 Å². The van der Waals surface area contributed by atoms with E-state index in [-0.39, 0.29) is 11.9 Å². The number of benzene rings is 2. The summed E-state index contributed by atoms with van der Waals surface area (Å²) in [6.07, 6.45) is 3.29. The van der Waals surface area contributed by atoms with E-state index < -0.39 is 0 Å². The number of hydrogen-bond donors (Lipinski definition) is 5. The van der Waals surface area contributed by atoms with Crippen molar-refractivity contribution in [3.05, 3.63) is 93.0 Å². The fourth-order valence-electron chi connectivity index (χ4n) is 3.70. The number of fused-ring (bicyclic) bond motifs is 1. The molecule has 0 spiro atoms. The summed E-state index contributed by atoms with van der Waals surface area (Å²) in [4.78, 5) is 8.69. The molecule has 1 aliphatic heterocycles. The van der Waals surface area contributed by atoms with Crippen molar-refractivity contribution in [1.29, 1.82) is 5.26 Å². The molecule has 5 N–H and O–H groups in total. The number of nitrogens with one attached hydrogen (secondary N) is 5. The molecule has 0 saturated heterocycles. The van der Waals surface area contributed by atoms with Crippen LogP contribution in [0.25, 0.3) is 10.9 Å². The molecule has 0 unspecified atom stereocenters. The molecule has 2 aromatic heterocycles. The van der Waals surface area contributed by atoms with Gasteiger partial charge in [-0.2, -0.15) is 10.8 Å². The quantitative estimate of drug-likeness (QED) is 0.255. The SMILES string of the molecule is N#Cc1cnc2c(Cl)cc(N[C@H](C3=CNNN3)c3ccc(F)cc3)cc2c1NCc1cscn1. The molecule has 0 aliphatic carbocycles. The van der Waals surface area contributed by atoms with E-state index in [1.807, 2.05) is 11.4 Å². The van der Waals surface area contributed by atoms with E-state index in [4.69, 9.17) is 11.6 Å². The van der Waals surface area contributed by atoms with Crippen LogP contribution < -0.4 is 27.0 Å². The third-order valence-corrected chi connectivity index (χ3v) is 6.23. The molecule has 0 saturated carbocycles. The van der Waals surface area contributed by atoms with Crippen LogP contribution in [0.4, 0.5) is 15.8 Å². The van der Waals surface area contributed by atoms with Gasteiger partial charge in [-0.05, 0) is 29.8 Å². The summed E-state index contributed by atoms with van der Waals surface area (Å²) in [6, 6.07) is 11.8. The van der Waals surface area contributed by atoms with Crippen molar-refractivity contribution >= 4 is 45.2 Å². The minimum Gasteiger partial charge on any atom is -0.378 e. The minimum absolute atomic E-state index is 0.313. The highest BCUT2D eigenvalue weighted by Crippen LogP contribution is 2.35. The molecule has 0 bridgehead atoms. The summed E-state index contributed by atoms with van der Waals surface area (Å²) < 4.78 is 13.5. The third kappa shape index (κ3) is 4.45. The molecule has 34 heavy (non-hydrogen) atoms. The number of hydrazine groups is 2. The average Bonchev–Trinajstić information content (AvgIpc) is 3.56. The van der Waals surface area contributed by atoms with Gasteiger partial charge in [0, 0.05) is 28.9 Å². The van der Waals surface area contributed by atoms with Crippen LogP contribution in [0.3, 0.4) is 0 Å². The molecular formula is C23H18ClFN8S. The van der Waals surface area contributed by atoms with Crippen LogP contribution in [0.5, 0.6) is 0 Å². The van der Waals surface area contributed by atoms with E-state index >= 15 is 0 Å². The molecule has 0 radical (unpaired) electrons. The first-order chi connectivity index (χ1) is 16.6. The number of pyridine rings is 1. The van der Waals surface area contributed by atoms with Crippen LogP contribution in [0, 0.1) is 17.1 Å². The highest BCUT2D eigenvalue weighted by molar-refractivity contribution is 7.07. The molecule has 8 nitrogen and oxygen atoms in total. The fourth-order valence-corrected chi connectivity index (χ4v) is 4.52. The predicted octanol–water partition coefficient (Wildman–Crippen LogP) is 4.57. The molecule has 4 aromatic rings. The first-order valence-corrected chi connectivity index (χ1v) is 11.6. The smallest absolute Gasteiger partial charge is 0.123 e. The Labute approximate surface area is 203 Å². The number of anilines is 2. The Morgan fingerprint density at radius 3 is 2.76 bits per heavy atom. The fraction of sp³-hybridized carbons (Fsp3) is 0.0870. The molecule has 3 heterocycles. The van der Waals surface area contributed by atoms with E-state index in [0.29, 0.717) is 39.4 Å². The molecular weight excluding hydrogens is 475 g/mol. The normalized spacial score (nSPS) is 13.5. The Morgan fingerprint density at radius 2 is 2.06 bits per heavy atom. The van der Waals surface area contributed by atoms with E-state index in [1.165, 1.54) is 29.7 Å². The molecule has 0 fully saturated rings. The first-order valence-electron chi connectivity index (χ1n) is 10.2. The average molecular weight is 493 g/mol. The predicted molar refractivity (Wildman–Crippen MR) is 131 cm³/mol. The number of rotatable bonds is 7. The summed E-state index contributed by atoms with van der Waals surface area (Å²) in [7, 11) is 0. The summed E-state index contributed by atoms with van der Waals surface area (Å²) in [5.74, 6) is -0.313. The number of hydrogen-bond acceptors (Lipinski definition) is 9. The van der Waals surface area contributed by atoms with Crippen molar-refractivity contribution in [2.45, 2.75) is 12.6 Å². The third-order valence-electron chi connectivity index (χ3n) is 5.31. The van der Waals surface area contributed by atoms with Crippen LogP contribution in [0.2, 0.25) is 5.02 Å². The van der Waals surface area contributed by atoms with Crippen LogP contribution in [-0.4, -0.2) is 9.97 Å². The topological polar surface area (TPSA) is 110 Å². The van der Waals surface area contributed by atoms with E-state index in [9.17, 15) is 9.65 Å². The number of nitrogens with zero attached hydrogens (tertiary/aromatic N) is 3. The van der Waals surface area contributed by atoms with Crippen LogP contribution in [0.15, 0.2) is 65.4 Å². The summed E-state index contributed by atoms with van der Waals surface area (Å²) in [5, 5.41) is 19.5. The summed E-state index contributed by atoms with van der Waals surface area (Å²) in [5.41, 5.74) is 15.3. The van der Waals surface area contributed by atoms with Crippen molar-refractivity contribution < 1.29 is 4.39 Å². The lowest BCUT2D eigenvalue weighted by Gasteiger charge is -2.22. The zero-order valence-corrected chi connectivity index (χ0v) is 19.1. The van der Waals surface area contributed by atoms with Crippen LogP contribution in [-0.2, 0) is 6.54 Å². The maximum absolute atomic E-state index is 13.5. The Balaban J connectivity index is 1.55. The molecule has 0 amide bonds. The number of halogens is 2. The van der Waals surface area contributed by atoms with Gasteiger partial charge in [-0.1, -0.05) is 23.7 Å². The Kier molecular flexibility index (Phi) is 6.14. The Morgan fingerprint density at radius 1 is 1.21 bits per heavy atom. The molecule has 11 heteroatoms. The largest absolute Gasteiger partial charge is 0.378 e. The maximum Gasteiger partial charge on any atom is 0.123 e. The summed E-state index contributed by atoms with van der Waals surface area (Å²) >= 11 is 8.12. The standard InChI is InChI=1S/C23H18ClFN8S/c24-19-6-16(31-22(20-10-30-33-32-20)13-1-3-15(25)4-2-13)5-18-21(14(7-26)8-27-23(18)19)28-9-17-11-34-12-29-17/h1-6,8,10-12,22,30-33H,9H2,(H,27,28)/t22-/m0/s1. The van der Waals surface area contributed by atoms with Gasteiger partial charge in [0.25, 0.3) is 0 Å². The van der Waals surface area contributed by atoms with Gasteiger partial charge < -0.3 is 21.5 Å². The second kappa shape index (κ2) is 9.52. The number of thiazole rings is 1. The van der Waals surface area contributed by atoms with Crippen molar-refractivity contribution in [3.8, 4) is 6.07 Å². The molecule has 170 valence electrons. The van der Waals surface area contributed by atoms with E-state index in [2.05, 4.69) is 43.1 Å². The van der Waals surface area contributed by atoms with Gasteiger partial charge in [0.15, 0.2) is 0 Å². The second-order valence-corrected chi connectivity index (χ2v) is 8.60. The lowest BCUT2D eigenvalue weighted by atomic mass is 10.0. The van der Waals surface area contributed by atoms with Crippen LogP contribution >= 0.6 is 22.9 Å². The second-order valence-electron chi connectivity index (χ2n) is 7.47. The van der Waals surface area contributed by atoms with Crippen molar-refractivity contribution in [2.24, 2.45) is 0 Å². The maximum atomic E-state index is 13.5. The molecule has 2 aromatic carbocycles. The lowest BCUT2D eigenvalue weighted by molar-refractivity contribution is 0.582. The van der Waals surface area contributed by atoms with Gasteiger partial charge in [-0.15, -0.1) is 11.3 Å². The lowest BCUT2D eigenvalue weighted by Crippen LogP contribution is -2.33. The Hall–Kier alpha value is -3.91. The minimum atomic E-state index is -0.338. The van der Waals surface area contributed by atoms with Gasteiger partial charge in [0.1, 0.15) is 11.9 Å². The zero-order chi connectivity index (χ0) is 23.5. The van der Waals surface area contributed by atoms with E-state index in [1.54, 1.807) is 29.9 Å². The number of nitriles is 1. The van der Waals surface area contributed by atoms with Crippen molar-refractivity contribution in [3.63, 3.8) is 0 Å². The first kappa shape index (κ1) is 21.9. The van der Waals surface area contributed by atoms with Crippen molar-refractivity contribution in [1.82, 2.24) is 26.4 Å². The molecule has 1 atom stereocenters. The van der Waals surface area contributed by atoms with Gasteiger partial charge in [0.05, 0.1) is 51.3 Å². The van der Waals surface area contributed by atoms with Gasteiger partial charge in [-0.3, -0.25) is 4.98 Å². The number of aromatic nitrogens is 2. The monoisotopic (exact) mass is 492 g/mol. The van der Waals surface area contributed by atoms with Gasteiger partial charge in [-0.25, -0.2) is 9.37 Å². The molecule has 1 aliphatic rings.